The molecule has 18 heavy (non-hydrogen) atoms. The lowest BCUT2D eigenvalue weighted by atomic mass is 10.1. The number of hydrogen-bond donors (Lipinski definition) is 1. The highest BCUT2D eigenvalue weighted by Gasteiger charge is 2.10. The lowest BCUT2D eigenvalue weighted by molar-refractivity contribution is 0.924. The Kier molecular flexibility index (Phi) is 2.44. The van der Waals surface area contributed by atoms with Gasteiger partial charge in [-0.05, 0) is 12.1 Å². The topological polar surface area (TPSA) is 55.6 Å². The molecule has 0 unspecified atom stereocenters. The van der Waals surface area contributed by atoms with Crippen molar-refractivity contribution in [1.82, 2.24) is 19.7 Å². The Labute approximate surface area is 104 Å². The van der Waals surface area contributed by atoms with Crippen molar-refractivity contribution in [3.8, 4) is 11.4 Å². The van der Waals surface area contributed by atoms with E-state index >= 15 is 0 Å². The predicted octanol–water partition coefficient (Wildman–Crippen LogP) is 2.07. The predicted molar refractivity (Wildman–Crippen MR) is 71.3 cm³/mol. The number of nitrogens with one attached hydrogen (secondary N) is 1. The highest BCUT2D eigenvalue weighted by Crippen LogP contribution is 2.22. The summed E-state index contributed by atoms with van der Waals surface area (Å²) < 4.78 is 1.91. The average Bonchev–Trinajstić information content (AvgIpc) is 2.79. The lowest BCUT2D eigenvalue weighted by Crippen LogP contribution is -1.99. The number of hydrogen-bond acceptors (Lipinski definition) is 4. The van der Waals surface area contributed by atoms with Crippen molar-refractivity contribution in [2.75, 3.05) is 12.4 Å². The van der Waals surface area contributed by atoms with Crippen molar-refractivity contribution in [3.63, 3.8) is 0 Å². The van der Waals surface area contributed by atoms with Crippen LogP contribution in [0.2, 0.25) is 0 Å². The van der Waals surface area contributed by atoms with Gasteiger partial charge in [0.25, 0.3) is 0 Å². The molecule has 0 spiro atoms. The van der Waals surface area contributed by atoms with E-state index in [4.69, 9.17) is 0 Å². The molecule has 3 aromatic rings. The van der Waals surface area contributed by atoms with E-state index < -0.39 is 0 Å². The number of nitrogens with zero attached hydrogens (tertiary/aromatic N) is 4. The molecule has 0 aliphatic carbocycles. The lowest BCUT2D eigenvalue weighted by Gasteiger charge is -2.04. The van der Waals surface area contributed by atoms with Gasteiger partial charge in [-0.2, -0.15) is 0 Å². The summed E-state index contributed by atoms with van der Waals surface area (Å²) in [6, 6.07) is 10.1. The Morgan fingerprint density at radius 2 is 2.00 bits per heavy atom. The van der Waals surface area contributed by atoms with Crippen LogP contribution < -0.4 is 5.32 Å². The number of benzene rings is 1. The fourth-order valence-corrected chi connectivity index (χ4v) is 1.99. The zero-order valence-corrected chi connectivity index (χ0v) is 10.3. The molecule has 0 aliphatic rings. The van der Waals surface area contributed by atoms with E-state index in [9.17, 15) is 0 Å². The summed E-state index contributed by atoms with van der Waals surface area (Å²) in [5.41, 5.74) is 1.95. The first-order chi connectivity index (χ1) is 8.79. The van der Waals surface area contributed by atoms with E-state index in [1.807, 2.05) is 49.1 Å². The molecule has 0 fully saturated rings. The molecule has 90 valence electrons. The summed E-state index contributed by atoms with van der Waals surface area (Å²) in [5.74, 6) is 1.54. The summed E-state index contributed by atoms with van der Waals surface area (Å²) in [6.07, 6.45) is 1.83. The third-order valence-electron chi connectivity index (χ3n) is 2.95. The van der Waals surface area contributed by atoms with Crippen LogP contribution in [-0.2, 0) is 7.05 Å². The highest BCUT2D eigenvalue weighted by atomic mass is 15.3. The standard InChI is InChI=1S/C13H13N5/c1-14-13-17-16-12(18(13)2)10-7-9-5-3-4-6-11(9)15-8-10/h3-8H,1-2H3,(H,14,17). The number of pyridine rings is 1. The van der Waals surface area contributed by atoms with Crippen LogP contribution in [-0.4, -0.2) is 26.8 Å². The van der Waals surface area contributed by atoms with E-state index in [1.165, 1.54) is 0 Å². The maximum Gasteiger partial charge on any atom is 0.224 e. The molecule has 3 rings (SSSR count). The highest BCUT2D eigenvalue weighted by molar-refractivity contribution is 5.82. The summed E-state index contributed by atoms with van der Waals surface area (Å²) in [7, 11) is 3.75. The SMILES string of the molecule is CNc1nnc(-c2cnc3ccccc3c2)n1C. The molecule has 0 saturated heterocycles. The molecule has 2 aromatic heterocycles. The second-order valence-electron chi connectivity index (χ2n) is 4.07. The summed E-state index contributed by atoms with van der Waals surface area (Å²) in [5, 5.41) is 12.3. The van der Waals surface area contributed by atoms with Crippen LogP contribution >= 0.6 is 0 Å². The summed E-state index contributed by atoms with van der Waals surface area (Å²) >= 11 is 0. The first-order valence-electron chi connectivity index (χ1n) is 5.72. The quantitative estimate of drug-likeness (QED) is 0.743. The van der Waals surface area contributed by atoms with Crippen molar-refractivity contribution in [2.24, 2.45) is 7.05 Å². The molecule has 0 saturated carbocycles. The van der Waals surface area contributed by atoms with Crippen LogP contribution in [0, 0.1) is 0 Å². The number of para-hydroxylation sites is 1. The smallest absolute Gasteiger partial charge is 0.224 e. The van der Waals surface area contributed by atoms with Crippen LogP contribution in [0.1, 0.15) is 0 Å². The minimum absolute atomic E-state index is 0.734. The second kappa shape index (κ2) is 4.10. The Morgan fingerprint density at radius 1 is 1.17 bits per heavy atom. The molecule has 0 amide bonds. The van der Waals surface area contributed by atoms with Gasteiger partial charge in [0.2, 0.25) is 5.95 Å². The van der Waals surface area contributed by atoms with Gasteiger partial charge >= 0.3 is 0 Å². The number of fused-ring (bicyclic) bond motifs is 1. The van der Waals surface area contributed by atoms with Gasteiger partial charge in [0, 0.05) is 31.2 Å². The van der Waals surface area contributed by atoms with E-state index in [2.05, 4.69) is 26.6 Å². The minimum atomic E-state index is 0.734. The fraction of sp³-hybridized carbons (Fsp3) is 0.154. The fourth-order valence-electron chi connectivity index (χ4n) is 1.99. The number of anilines is 1. The monoisotopic (exact) mass is 239 g/mol. The Morgan fingerprint density at radius 3 is 2.78 bits per heavy atom. The zero-order valence-electron chi connectivity index (χ0n) is 10.3. The summed E-state index contributed by atoms with van der Waals surface area (Å²) in [4.78, 5) is 4.43. The molecule has 5 nitrogen and oxygen atoms in total. The molecule has 0 atom stereocenters. The number of rotatable bonds is 2. The molecule has 5 heteroatoms. The van der Waals surface area contributed by atoms with Crippen LogP contribution in [0.5, 0.6) is 0 Å². The molecule has 1 aromatic carbocycles. The van der Waals surface area contributed by atoms with Gasteiger partial charge in [0.1, 0.15) is 0 Å². The van der Waals surface area contributed by atoms with Crippen molar-refractivity contribution < 1.29 is 0 Å². The van der Waals surface area contributed by atoms with E-state index in [-0.39, 0.29) is 0 Å². The average molecular weight is 239 g/mol. The zero-order chi connectivity index (χ0) is 12.5. The molecule has 2 heterocycles. The molecule has 0 bridgehead atoms. The van der Waals surface area contributed by atoms with Gasteiger partial charge in [-0.3, -0.25) is 9.55 Å². The van der Waals surface area contributed by atoms with E-state index in [0.29, 0.717) is 0 Å². The van der Waals surface area contributed by atoms with E-state index in [1.54, 1.807) is 0 Å². The van der Waals surface area contributed by atoms with Gasteiger partial charge in [0.05, 0.1) is 5.52 Å². The van der Waals surface area contributed by atoms with Crippen molar-refractivity contribution in [2.45, 2.75) is 0 Å². The molecule has 0 aliphatic heterocycles. The van der Waals surface area contributed by atoms with Gasteiger partial charge < -0.3 is 5.32 Å². The van der Waals surface area contributed by atoms with Crippen molar-refractivity contribution >= 4 is 16.9 Å². The van der Waals surface area contributed by atoms with Crippen LogP contribution in [0.4, 0.5) is 5.95 Å². The van der Waals surface area contributed by atoms with Gasteiger partial charge in [-0.15, -0.1) is 10.2 Å². The molecular formula is C13H13N5. The normalized spacial score (nSPS) is 10.8. The molecule has 0 radical (unpaired) electrons. The molecule has 1 N–H and O–H groups in total. The third kappa shape index (κ3) is 1.60. The third-order valence-corrected chi connectivity index (χ3v) is 2.95. The van der Waals surface area contributed by atoms with E-state index in [0.717, 1.165) is 28.2 Å². The maximum absolute atomic E-state index is 4.43. The second-order valence-corrected chi connectivity index (χ2v) is 4.07. The Bertz CT molecular complexity index is 701. The van der Waals surface area contributed by atoms with Gasteiger partial charge in [0.15, 0.2) is 5.82 Å². The maximum atomic E-state index is 4.43. The van der Waals surface area contributed by atoms with Crippen LogP contribution in [0.3, 0.4) is 0 Å². The Balaban J connectivity index is 2.16. The Hall–Kier alpha value is -2.43. The first-order valence-corrected chi connectivity index (χ1v) is 5.72. The van der Waals surface area contributed by atoms with Crippen molar-refractivity contribution in [3.05, 3.63) is 36.5 Å². The van der Waals surface area contributed by atoms with Crippen molar-refractivity contribution in [1.29, 1.82) is 0 Å². The van der Waals surface area contributed by atoms with Crippen LogP contribution in [0.15, 0.2) is 36.5 Å². The van der Waals surface area contributed by atoms with Gasteiger partial charge in [-0.1, -0.05) is 18.2 Å². The van der Waals surface area contributed by atoms with Crippen LogP contribution in [0.25, 0.3) is 22.3 Å². The van der Waals surface area contributed by atoms with Gasteiger partial charge in [-0.25, -0.2) is 0 Å². The number of aromatic nitrogens is 4. The largest absolute Gasteiger partial charge is 0.357 e. The minimum Gasteiger partial charge on any atom is -0.357 e. The first kappa shape index (κ1) is 10.7. The molecular weight excluding hydrogens is 226 g/mol. The summed E-state index contributed by atoms with van der Waals surface area (Å²) in [6.45, 7) is 0.